The number of hydrogen-bond acceptors (Lipinski definition) is 3. The van der Waals surface area contributed by atoms with Crippen LogP contribution < -0.4 is 10.1 Å². The van der Waals surface area contributed by atoms with Gasteiger partial charge in [0.1, 0.15) is 5.75 Å². The Morgan fingerprint density at radius 2 is 1.76 bits per heavy atom. The summed E-state index contributed by atoms with van der Waals surface area (Å²) in [6.45, 7) is 1.06. The van der Waals surface area contributed by atoms with Crippen LogP contribution in [0.1, 0.15) is 5.56 Å². The van der Waals surface area contributed by atoms with Gasteiger partial charge in [-0.25, -0.2) is 0 Å². The van der Waals surface area contributed by atoms with E-state index in [1.54, 1.807) is 7.11 Å². The fourth-order valence-corrected chi connectivity index (χ4v) is 2.07. The third-order valence-electron chi connectivity index (χ3n) is 3.08. The molecule has 0 saturated carbocycles. The predicted octanol–water partition coefficient (Wildman–Crippen LogP) is 2.77. The average Bonchev–Trinajstić information content (AvgIpc) is 2.48. The van der Waals surface area contributed by atoms with E-state index in [1.807, 2.05) is 66.5 Å². The molecule has 1 amide bonds. The lowest BCUT2D eigenvalue weighted by molar-refractivity contribution is -0.117. The van der Waals surface area contributed by atoms with Gasteiger partial charge < -0.3 is 10.1 Å². The van der Waals surface area contributed by atoms with E-state index in [9.17, 15) is 4.79 Å². The van der Waals surface area contributed by atoms with Crippen molar-refractivity contribution in [1.29, 1.82) is 0 Å². The first-order chi connectivity index (χ1) is 10.2. The summed E-state index contributed by atoms with van der Waals surface area (Å²) in [5.74, 6) is 0.820. The Morgan fingerprint density at radius 3 is 2.38 bits per heavy atom. The molecule has 0 spiro atoms. The smallest absolute Gasteiger partial charge is 0.238 e. The number of carbonyl (C=O) groups is 1. The van der Waals surface area contributed by atoms with E-state index in [2.05, 4.69) is 5.32 Å². The highest BCUT2D eigenvalue weighted by molar-refractivity contribution is 5.92. The molecule has 0 unspecified atom stereocenters. The third kappa shape index (κ3) is 4.93. The summed E-state index contributed by atoms with van der Waals surface area (Å²) in [6, 6.07) is 17.3. The molecular formula is C17H20N2O2. The maximum absolute atomic E-state index is 11.9. The lowest BCUT2D eigenvalue weighted by atomic mass is 10.2. The van der Waals surface area contributed by atoms with Crippen molar-refractivity contribution in [2.45, 2.75) is 6.54 Å². The highest BCUT2D eigenvalue weighted by atomic mass is 16.5. The molecule has 0 aliphatic carbocycles. The first-order valence-electron chi connectivity index (χ1n) is 6.84. The number of likely N-dealkylation sites (N-methyl/N-ethyl adjacent to an activating group) is 1. The molecule has 0 aromatic heterocycles. The Labute approximate surface area is 125 Å². The molecule has 0 atom stereocenters. The summed E-state index contributed by atoms with van der Waals surface area (Å²) in [4.78, 5) is 13.9. The van der Waals surface area contributed by atoms with E-state index < -0.39 is 0 Å². The number of nitrogens with zero attached hydrogens (tertiary/aromatic N) is 1. The Kier molecular flexibility index (Phi) is 5.35. The van der Waals surface area contributed by atoms with Crippen LogP contribution in [0.4, 0.5) is 5.69 Å². The molecule has 0 bridgehead atoms. The van der Waals surface area contributed by atoms with Gasteiger partial charge in [0.2, 0.25) is 5.91 Å². The minimum absolute atomic E-state index is 0.0165. The minimum atomic E-state index is -0.0165. The van der Waals surface area contributed by atoms with E-state index in [0.29, 0.717) is 13.1 Å². The second kappa shape index (κ2) is 7.45. The molecule has 21 heavy (non-hydrogen) atoms. The molecule has 0 saturated heterocycles. The summed E-state index contributed by atoms with van der Waals surface area (Å²) in [5, 5.41) is 2.88. The van der Waals surface area contributed by atoms with Crippen molar-refractivity contribution in [2.75, 3.05) is 26.0 Å². The molecule has 4 nitrogen and oxygen atoms in total. The lowest BCUT2D eigenvalue weighted by Gasteiger charge is -2.16. The maximum Gasteiger partial charge on any atom is 0.238 e. The lowest BCUT2D eigenvalue weighted by Crippen LogP contribution is -2.29. The van der Waals surface area contributed by atoms with Gasteiger partial charge in [-0.1, -0.05) is 30.3 Å². The highest BCUT2D eigenvalue weighted by Gasteiger charge is 2.07. The Balaban J connectivity index is 1.83. The number of carbonyl (C=O) groups excluding carboxylic acids is 1. The van der Waals surface area contributed by atoms with Crippen molar-refractivity contribution >= 4 is 11.6 Å². The van der Waals surface area contributed by atoms with Crippen molar-refractivity contribution in [3.63, 3.8) is 0 Å². The summed E-state index contributed by atoms with van der Waals surface area (Å²) in [5.41, 5.74) is 1.96. The minimum Gasteiger partial charge on any atom is -0.497 e. The fourth-order valence-electron chi connectivity index (χ4n) is 2.07. The van der Waals surface area contributed by atoms with E-state index >= 15 is 0 Å². The van der Waals surface area contributed by atoms with Gasteiger partial charge in [0, 0.05) is 12.2 Å². The van der Waals surface area contributed by atoms with E-state index in [1.165, 1.54) is 0 Å². The quantitative estimate of drug-likeness (QED) is 0.887. The number of methoxy groups -OCH3 is 1. The zero-order valence-corrected chi connectivity index (χ0v) is 12.4. The Hall–Kier alpha value is -2.33. The van der Waals surface area contributed by atoms with Crippen molar-refractivity contribution in [3.8, 4) is 5.75 Å². The van der Waals surface area contributed by atoms with Crippen LogP contribution >= 0.6 is 0 Å². The molecule has 0 aliphatic rings. The second-order valence-corrected chi connectivity index (χ2v) is 4.93. The summed E-state index contributed by atoms with van der Waals surface area (Å²) >= 11 is 0. The van der Waals surface area contributed by atoms with Crippen LogP contribution in [-0.4, -0.2) is 31.5 Å². The SMILES string of the molecule is COc1ccc(CN(C)CC(=O)Nc2ccccc2)cc1. The third-order valence-corrected chi connectivity index (χ3v) is 3.08. The summed E-state index contributed by atoms with van der Waals surface area (Å²) in [6.07, 6.45) is 0. The van der Waals surface area contributed by atoms with Gasteiger partial charge in [0.05, 0.1) is 13.7 Å². The van der Waals surface area contributed by atoms with Gasteiger partial charge in [-0.2, -0.15) is 0 Å². The fraction of sp³-hybridized carbons (Fsp3) is 0.235. The zero-order valence-electron chi connectivity index (χ0n) is 12.4. The van der Waals surface area contributed by atoms with Gasteiger partial charge in [0.25, 0.3) is 0 Å². The summed E-state index contributed by atoms with van der Waals surface area (Å²) < 4.78 is 5.13. The van der Waals surface area contributed by atoms with Crippen LogP contribution in [0.2, 0.25) is 0 Å². The normalized spacial score (nSPS) is 10.4. The van der Waals surface area contributed by atoms with Crippen molar-refractivity contribution in [3.05, 3.63) is 60.2 Å². The van der Waals surface area contributed by atoms with Gasteiger partial charge in [-0.15, -0.1) is 0 Å². The molecule has 2 aromatic rings. The highest BCUT2D eigenvalue weighted by Crippen LogP contribution is 2.12. The summed E-state index contributed by atoms with van der Waals surface area (Å²) in [7, 11) is 3.57. The van der Waals surface area contributed by atoms with E-state index in [0.717, 1.165) is 17.0 Å². The average molecular weight is 284 g/mol. The van der Waals surface area contributed by atoms with Crippen LogP contribution in [0, 0.1) is 0 Å². The largest absolute Gasteiger partial charge is 0.497 e. The predicted molar refractivity (Wildman–Crippen MR) is 84.4 cm³/mol. The standard InChI is InChI=1S/C17H20N2O2/c1-19(12-14-8-10-16(21-2)11-9-14)13-17(20)18-15-6-4-3-5-7-15/h3-11H,12-13H2,1-2H3,(H,18,20). The number of amides is 1. The number of benzene rings is 2. The van der Waals surface area contributed by atoms with Crippen LogP contribution in [0.3, 0.4) is 0 Å². The van der Waals surface area contributed by atoms with Crippen molar-refractivity contribution in [2.24, 2.45) is 0 Å². The second-order valence-electron chi connectivity index (χ2n) is 4.93. The van der Waals surface area contributed by atoms with E-state index in [4.69, 9.17) is 4.74 Å². The van der Waals surface area contributed by atoms with Crippen LogP contribution in [0.25, 0.3) is 0 Å². The number of nitrogens with one attached hydrogen (secondary N) is 1. The molecule has 0 fully saturated rings. The van der Waals surface area contributed by atoms with Gasteiger partial charge in [0.15, 0.2) is 0 Å². The molecule has 2 rings (SSSR count). The van der Waals surface area contributed by atoms with Crippen molar-refractivity contribution < 1.29 is 9.53 Å². The number of rotatable bonds is 6. The number of para-hydroxylation sites is 1. The molecule has 0 aliphatic heterocycles. The first kappa shape index (κ1) is 15.1. The molecule has 1 N–H and O–H groups in total. The molecule has 4 heteroatoms. The first-order valence-corrected chi connectivity index (χ1v) is 6.84. The molecule has 110 valence electrons. The van der Waals surface area contributed by atoms with Crippen LogP contribution in [0.15, 0.2) is 54.6 Å². The number of hydrogen-bond donors (Lipinski definition) is 1. The van der Waals surface area contributed by atoms with Gasteiger partial charge in [-0.05, 0) is 36.9 Å². The van der Waals surface area contributed by atoms with Gasteiger partial charge in [-0.3, -0.25) is 9.69 Å². The number of anilines is 1. The van der Waals surface area contributed by atoms with Crippen LogP contribution in [0.5, 0.6) is 5.75 Å². The molecule has 0 radical (unpaired) electrons. The topological polar surface area (TPSA) is 41.6 Å². The molecule has 2 aromatic carbocycles. The Bertz CT molecular complexity index is 567. The van der Waals surface area contributed by atoms with Crippen LogP contribution in [-0.2, 0) is 11.3 Å². The Morgan fingerprint density at radius 1 is 1.10 bits per heavy atom. The molecular weight excluding hydrogens is 264 g/mol. The number of ether oxygens (including phenoxy) is 1. The van der Waals surface area contributed by atoms with Gasteiger partial charge >= 0.3 is 0 Å². The monoisotopic (exact) mass is 284 g/mol. The van der Waals surface area contributed by atoms with Crippen molar-refractivity contribution in [1.82, 2.24) is 4.90 Å². The van der Waals surface area contributed by atoms with E-state index in [-0.39, 0.29) is 5.91 Å². The molecule has 0 heterocycles. The zero-order chi connectivity index (χ0) is 15.1. The maximum atomic E-state index is 11.9.